The Hall–Kier alpha value is -2.60. The maximum atomic E-state index is 13.5. The van der Waals surface area contributed by atoms with Gasteiger partial charge in [0.05, 0.1) is 19.3 Å². The molecule has 6 heteroatoms. The average molecular weight is 330 g/mol. The number of benzene rings is 2. The molecule has 0 bridgehead atoms. The lowest BCUT2D eigenvalue weighted by Crippen LogP contribution is -2.37. The lowest BCUT2D eigenvalue weighted by Gasteiger charge is -2.18. The number of hydroxylamine groups is 1. The van der Waals surface area contributed by atoms with Gasteiger partial charge in [-0.05, 0) is 36.6 Å². The average Bonchev–Trinajstić information content (AvgIpc) is 2.78. The van der Waals surface area contributed by atoms with E-state index in [-0.39, 0.29) is 18.5 Å². The number of carbonyl (C=O) groups is 1. The summed E-state index contributed by atoms with van der Waals surface area (Å²) < 4.78 is 19.1. The van der Waals surface area contributed by atoms with Crippen LogP contribution in [0.4, 0.5) is 9.18 Å². The normalized spacial score (nSPS) is 16.5. The molecule has 0 aromatic heterocycles. The highest BCUT2D eigenvalue weighted by molar-refractivity contribution is 5.73. The van der Waals surface area contributed by atoms with Crippen LogP contribution >= 0.6 is 0 Å². The van der Waals surface area contributed by atoms with Crippen LogP contribution < -0.4 is 15.5 Å². The summed E-state index contributed by atoms with van der Waals surface area (Å²) in [5.41, 5.74) is 3.96. The fourth-order valence-corrected chi connectivity index (χ4v) is 2.64. The Balaban J connectivity index is 1.57. The van der Waals surface area contributed by atoms with Crippen molar-refractivity contribution in [2.45, 2.75) is 25.5 Å². The summed E-state index contributed by atoms with van der Waals surface area (Å²) in [6.45, 7) is 0.816. The minimum Gasteiger partial charge on any atom is -0.493 e. The van der Waals surface area contributed by atoms with Crippen LogP contribution in [0, 0.1) is 5.82 Å². The summed E-state index contributed by atoms with van der Waals surface area (Å²) in [4.78, 5) is 17.2. The lowest BCUT2D eigenvalue weighted by molar-refractivity contribution is 0.0480. The van der Waals surface area contributed by atoms with Gasteiger partial charge in [0.1, 0.15) is 11.6 Å². The van der Waals surface area contributed by atoms with Crippen molar-refractivity contribution in [3.05, 3.63) is 65.5 Å². The maximum Gasteiger partial charge on any atom is 0.339 e. The number of carbonyl (C=O) groups excluding carboxylic acids is 1. The molecule has 0 spiro atoms. The monoisotopic (exact) mass is 330 g/mol. The quantitative estimate of drug-likeness (QED) is 0.844. The molecule has 2 amide bonds. The van der Waals surface area contributed by atoms with Crippen LogP contribution in [-0.2, 0) is 11.4 Å². The van der Waals surface area contributed by atoms with Gasteiger partial charge in [0.25, 0.3) is 0 Å². The van der Waals surface area contributed by atoms with E-state index in [4.69, 9.17) is 9.57 Å². The van der Waals surface area contributed by atoms with Gasteiger partial charge in [0.2, 0.25) is 0 Å². The lowest BCUT2D eigenvalue weighted by atomic mass is 10.0. The predicted octanol–water partition coefficient (Wildman–Crippen LogP) is 3.47. The number of amides is 2. The van der Waals surface area contributed by atoms with Crippen molar-refractivity contribution in [2.24, 2.45) is 0 Å². The molecule has 2 aromatic rings. The van der Waals surface area contributed by atoms with Crippen LogP contribution in [0.2, 0.25) is 0 Å². The predicted molar refractivity (Wildman–Crippen MR) is 86.8 cm³/mol. The molecule has 5 nitrogen and oxygen atoms in total. The maximum absolute atomic E-state index is 13.5. The summed E-state index contributed by atoms with van der Waals surface area (Å²) in [7, 11) is 0. The standard InChI is InChI=1S/C18H19FN2O3/c19-14-8-9-17-15(11-14)16(7-4-10-23-17)20-18(22)21-24-12-13-5-2-1-3-6-13/h1-3,5-6,8-9,11,16H,4,7,10,12H2,(H2,20,21,22). The Bertz CT molecular complexity index is 694. The Kier molecular flexibility index (Phi) is 5.28. The molecule has 2 aromatic carbocycles. The summed E-state index contributed by atoms with van der Waals surface area (Å²) in [5.74, 6) is 0.246. The fourth-order valence-electron chi connectivity index (χ4n) is 2.64. The second-order valence-electron chi connectivity index (χ2n) is 5.58. The SMILES string of the molecule is O=C(NOCc1ccccc1)NC1CCCOc2ccc(F)cc21. The molecule has 0 saturated carbocycles. The van der Waals surface area contributed by atoms with Crippen LogP contribution in [-0.4, -0.2) is 12.6 Å². The van der Waals surface area contributed by atoms with Crippen molar-refractivity contribution in [1.29, 1.82) is 0 Å². The Morgan fingerprint density at radius 1 is 1.25 bits per heavy atom. The van der Waals surface area contributed by atoms with Crippen LogP contribution in [0.1, 0.15) is 30.0 Å². The number of fused-ring (bicyclic) bond motifs is 1. The largest absolute Gasteiger partial charge is 0.493 e. The van der Waals surface area contributed by atoms with E-state index in [1.165, 1.54) is 12.1 Å². The molecule has 1 aliphatic heterocycles. The first-order chi connectivity index (χ1) is 11.7. The number of nitrogens with one attached hydrogen (secondary N) is 2. The number of rotatable bonds is 4. The van der Waals surface area contributed by atoms with Crippen molar-refractivity contribution in [1.82, 2.24) is 10.8 Å². The summed E-state index contributed by atoms with van der Waals surface area (Å²) >= 11 is 0. The Morgan fingerprint density at radius 3 is 2.92 bits per heavy atom. The van der Waals surface area contributed by atoms with Gasteiger partial charge in [0.15, 0.2) is 0 Å². The minimum absolute atomic E-state index is 0.271. The molecule has 24 heavy (non-hydrogen) atoms. The minimum atomic E-state index is -0.465. The molecule has 3 rings (SSSR count). The van der Waals surface area contributed by atoms with Gasteiger partial charge in [-0.3, -0.25) is 4.84 Å². The summed E-state index contributed by atoms with van der Waals surface area (Å²) in [5, 5.41) is 2.81. The van der Waals surface area contributed by atoms with Gasteiger partial charge in [0, 0.05) is 5.56 Å². The molecule has 0 aliphatic carbocycles. The molecule has 0 fully saturated rings. The summed E-state index contributed by atoms with van der Waals surface area (Å²) in [6.07, 6.45) is 1.44. The highest BCUT2D eigenvalue weighted by Crippen LogP contribution is 2.31. The van der Waals surface area contributed by atoms with E-state index in [2.05, 4.69) is 10.8 Å². The number of urea groups is 1. The zero-order valence-corrected chi connectivity index (χ0v) is 13.1. The first kappa shape index (κ1) is 16.3. The van der Waals surface area contributed by atoms with Gasteiger partial charge >= 0.3 is 6.03 Å². The molecule has 1 heterocycles. The van der Waals surface area contributed by atoms with Crippen LogP contribution in [0.5, 0.6) is 5.75 Å². The Morgan fingerprint density at radius 2 is 2.08 bits per heavy atom. The fraction of sp³-hybridized carbons (Fsp3) is 0.278. The second-order valence-corrected chi connectivity index (χ2v) is 5.58. The molecule has 126 valence electrons. The molecular weight excluding hydrogens is 311 g/mol. The van der Waals surface area contributed by atoms with Crippen LogP contribution in [0.25, 0.3) is 0 Å². The van der Waals surface area contributed by atoms with E-state index in [1.54, 1.807) is 6.07 Å². The van der Waals surface area contributed by atoms with Crippen molar-refractivity contribution in [2.75, 3.05) is 6.61 Å². The first-order valence-electron chi connectivity index (χ1n) is 7.87. The highest BCUT2D eigenvalue weighted by Gasteiger charge is 2.22. The van der Waals surface area contributed by atoms with Crippen LogP contribution in [0.3, 0.4) is 0 Å². The van der Waals surface area contributed by atoms with E-state index >= 15 is 0 Å². The van der Waals surface area contributed by atoms with Gasteiger partial charge in [-0.2, -0.15) is 0 Å². The van der Waals surface area contributed by atoms with Gasteiger partial charge < -0.3 is 10.1 Å². The summed E-state index contributed by atoms with van der Waals surface area (Å²) in [6, 6.07) is 13.1. The molecule has 1 unspecified atom stereocenters. The van der Waals surface area contributed by atoms with Gasteiger partial charge in [-0.1, -0.05) is 30.3 Å². The molecule has 1 aliphatic rings. The Labute approximate surface area is 139 Å². The van der Waals surface area contributed by atoms with Crippen molar-refractivity contribution < 1.29 is 18.8 Å². The molecular formula is C18H19FN2O3. The topological polar surface area (TPSA) is 59.6 Å². The zero-order valence-electron chi connectivity index (χ0n) is 13.1. The van der Waals surface area contributed by atoms with Crippen molar-refractivity contribution in [3.8, 4) is 5.75 Å². The zero-order chi connectivity index (χ0) is 16.8. The number of halogens is 1. The molecule has 2 N–H and O–H groups in total. The molecule has 1 atom stereocenters. The second kappa shape index (κ2) is 7.79. The highest BCUT2D eigenvalue weighted by atomic mass is 19.1. The van der Waals surface area contributed by atoms with Crippen LogP contribution in [0.15, 0.2) is 48.5 Å². The van der Waals surface area contributed by atoms with E-state index in [0.717, 1.165) is 12.0 Å². The third-order valence-electron chi connectivity index (χ3n) is 3.79. The van der Waals surface area contributed by atoms with Gasteiger partial charge in [-0.15, -0.1) is 0 Å². The first-order valence-corrected chi connectivity index (χ1v) is 7.87. The van der Waals surface area contributed by atoms with E-state index in [1.807, 2.05) is 30.3 Å². The third kappa shape index (κ3) is 4.23. The number of hydrogen-bond donors (Lipinski definition) is 2. The smallest absolute Gasteiger partial charge is 0.339 e. The van der Waals surface area contributed by atoms with Crippen molar-refractivity contribution in [3.63, 3.8) is 0 Å². The van der Waals surface area contributed by atoms with E-state index in [9.17, 15) is 9.18 Å². The third-order valence-corrected chi connectivity index (χ3v) is 3.79. The van der Waals surface area contributed by atoms with E-state index < -0.39 is 6.03 Å². The number of ether oxygens (including phenoxy) is 1. The van der Waals surface area contributed by atoms with Crippen molar-refractivity contribution >= 4 is 6.03 Å². The van der Waals surface area contributed by atoms with E-state index in [0.29, 0.717) is 24.3 Å². The van der Waals surface area contributed by atoms with Gasteiger partial charge in [-0.25, -0.2) is 14.7 Å². The molecule has 0 radical (unpaired) electrons. The molecule has 0 saturated heterocycles. The number of hydrogen-bond acceptors (Lipinski definition) is 3.